The van der Waals surface area contributed by atoms with Crippen LogP contribution < -0.4 is 5.32 Å². The lowest BCUT2D eigenvalue weighted by Gasteiger charge is -2.47. The standard InChI is InChI=1S/C16H23NO2/c1-13(17-11-12-19-14(2)18)16(9-6-10-16)15-7-4-3-5-8-15/h3-5,7-8,13,17H,6,9-12H2,1-2H3. The van der Waals surface area contributed by atoms with E-state index in [1.54, 1.807) is 0 Å². The van der Waals surface area contributed by atoms with E-state index < -0.39 is 0 Å². The lowest BCUT2D eigenvalue weighted by molar-refractivity contribution is -0.140. The van der Waals surface area contributed by atoms with E-state index in [1.165, 1.54) is 31.7 Å². The summed E-state index contributed by atoms with van der Waals surface area (Å²) in [5, 5.41) is 3.50. The van der Waals surface area contributed by atoms with Crippen LogP contribution in [0.4, 0.5) is 0 Å². The zero-order valence-electron chi connectivity index (χ0n) is 11.8. The van der Waals surface area contributed by atoms with Crippen molar-refractivity contribution in [3.05, 3.63) is 35.9 Å². The van der Waals surface area contributed by atoms with Crippen LogP contribution in [0.5, 0.6) is 0 Å². The molecular weight excluding hydrogens is 238 g/mol. The highest BCUT2D eigenvalue weighted by molar-refractivity contribution is 5.65. The van der Waals surface area contributed by atoms with Crippen molar-refractivity contribution in [2.45, 2.75) is 44.6 Å². The van der Waals surface area contributed by atoms with E-state index >= 15 is 0 Å². The lowest BCUT2D eigenvalue weighted by Crippen LogP contribution is -2.51. The number of benzene rings is 1. The van der Waals surface area contributed by atoms with Gasteiger partial charge in [-0.25, -0.2) is 0 Å². The SMILES string of the molecule is CC(=O)OCCNC(C)C1(c2ccccc2)CCC1. The average molecular weight is 261 g/mol. The molecule has 0 spiro atoms. The molecule has 0 radical (unpaired) electrons. The van der Waals surface area contributed by atoms with E-state index in [4.69, 9.17) is 4.74 Å². The maximum Gasteiger partial charge on any atom is 0.302 e. The molecule has 1 aliphatic carbocycles. The Kier molecular flexibility index (Phi) is 4.59. The zero-order chi connectivity index (χ0) is 13.7. The minimum absolute atomic E-state index is 0.212. The topological polar surface area (TPSA) is 38.3 Å². The van der Waals surface area contributed by atoms with Gasteiger partial charge < -0.3 is 10.1 Å². The molecule has 0 bridgehead atoms. The minimum atomic E-state index is -0.212. The molecule has 3 heteroatoms. The molecule has 104 valence electrons. The van der Waals surface area contributed by atoms with Crippen LogP contribution in [0.15, 0.2) is 30.3 Å². The Morgan fingerprint density at radius 1 is 1.37 bits per heavy atom. The van der Waals surface area contributed by atoms with Gasteiger partial charge in [-0.3, -0.25) is 4.79 Å². The summed E-state index contributed by atoms with van der Waals surface area (Å²) in [4.78, 5) is 10.7. The molecule has 1 fully saturated rings. The Labute approximate surface area is 115 Å². The first kappa shape index (κ1) is 14.1. The van der Waals surface area contributed by atoms with Gasteiger partial charge in [-0.15, -0.1) is 0 Å². The minimum Gasteiger partial charge on any atom is -0.465 e. The molecule has 1 unspecified atom stereocenters. The molecular formula is C16H23NO2. The molecule has 1 atom stereocenters. The number of carbonyl (C=O) groups excluding carboxylic acids is 1. The fraction of sp³-hybridized carbons (Fsp3) is 0.562. The van der Waals surface area contributed by atoms with Crippen molar-refractivity contribution in [1.82, 2.24) is 5.32 Å². The number of ether oxygens (including phenoxy) is 1. The molecule has 2 rings (SSSR count). The third kappa shape index (κ3) is 3.16. The largest absolute Gasteiger partial charge is 0.465 e. The Bertz CT molecular complexity index is 412. The number of hydrogen-bond acceptors (Lipinski definition) is 3. The molecule has 1 aromatic rings. The molecule has 0 heterocycles. The molecule has 0 saturated heterocycles. The molecule has 0 aromatic heterocycles. The van der Waals surface area contributed by atoms with Gasteiger partial charge in [-0.2, -0.15) is 0 Å². The van der Waals surface area contributed by atoms with Gasteiger partial charge in [0.05, 0.1) is 0 Å². The predicted octanol–water partition coefficient (Wildman–Crippen LogP) is 2.65. The highest BCUT2D eigenvalue weighted by Crippen LogP contribution is 2.46. The molecule has 1 N–H and O–H groups in total. The summed E-state index contributed by atoms with van der Waals surface area (Å²) in [6.45, 7) is 4.85. The van der Waals surface area contributed by atoms with Crippen LogP contribution in [0, 0.1) is 0 Å². The van der Waals surface area contributed by atoms with Crippen LogP contribution in [0.2, 0.25) is 0 Å². The van der Waals surface area contributed by atoms with E-state index in [-0.39, 0.29) is 11.4 Å². The quantitative estimate of drug-likeness (QED) is 0.632. The highest BCUT2D eigenvalue weighted by atomic mass is 16.5. The van der Waals surface area contributed by atoms with Crippen LogP contribution in [0.1, 0.15) is 38.7 Å². The average Bonchev–Trinajstić information content (AvgIpc) is 2.34. The monoisotopic (exact) mass is 261 g/mol. The lowest BCUT2D eigenvalue weighted by atomic mass is 9.60. The van der Waals surface area contributed by atoms with Gasteiger partial charge in [0.15, 0.2) is 0 Å². The molecule has 0 amide bonds. The van der Waals surface area contributed by atoms with Gasteiger partial charge in [0, 0.05) is 24.9 Å². The van der Waals surface area contributed by atoms with Crippen LogP contribution in [0.3, 0.4) is 0 Å². The Morgan fingerprint density at radius 2 is 2.05 bits per heavy atom. The van der Waals surface area contributed by atoms with E-state index in [2.05, 4.69) is 42.6 Å². The number of hydrogen-bond donors (Lipinski definition) is 1. The molecule has 19 heavy (non-hydrogen) atoms. The first-order valence-electron chi connectivity index (χ1n) is 7.07. The van der Waals surface area contributed by atoms with Gasteiger partial charge in [-0.1, -0.05) is 36.8 Å². The van der Waals surface area contributed by atoms with Gasteiger partial charge in [0.1, 0.15) is 6.61 Å². The maximum atomic E-state index is 10.7. The molecule has 1 aliphatic rings. The molecule has 0 aliphatic heterocycles. The Balaban J connectivity index is 1.92. The van der Waals surface area contributed by atoms with Crippen LogP contribution in [-0.4, -0.2) is 25.2 Å². The van der Waals surface area contributed by atoms with E-state index in [0.717, 1.165) is 6.54 Å². The fourth-order valence-corrected chi connectivity index (χ4v) is 2.97. The summed E-state index contributed by atoms with van der Waals surface area (Å²) < 4.78 is 4.96. The second kappa shape index (κ2) is 6.20. The summed E-state index contributed by atoms with van der Waals surface area (Å²) in [5.74, 6) is -0.212. The summed E-state index contributed by atoms with van der Waals surface area (Å²) in [5.41, 5.74) is 1.69. The van der Waals surface area contributed by atoms with Crippen molar-refractivity contribution in [1.29, 1.82) is 0 Å². The van der Waals surface area contributed by atoms with Crippen LogP contribution in [0.25, 0.3) is 0 Å². The number of esters is 1. The second-order valence-corrected chi connectivity index (χ2v) is 5.39. The predicted molar refractivity (Wildman–Crippen MR) is 76.1 cm³/mol. The van der Waals surface area contributed by atoms with Crippen molar-refractivity contribution < 1.29 is 9.53 Å². The van der Waals surface area contributed by atoms with Crippen molar-refractivity contribution in [3.63, 3.8) is 0 Å². The number of rotatable bonds is 6. The van der Waals surface area contributed by atoms with E-state index in [9.17, 15) is 4.79 Å². The van der Waals surface area contributed by atoms with Crippen LogP contribution >= 0.6 is 0 Å². The van der Waals surface area contributed by atoms with Gasteiger partial charge in [-0.05, 0) is 25.3 Å². The van der Waals surface area contributed by atoms with Gasteiger partial charge in [0.25, 0.3) is 0 Å². The fourth-order valence-electron chi connectivity index (χ4n) is 2.97. The van der Waals surface area contributed by atoms with Crippen LogP contribution in [-0.2, 0) is 14.9 Å². The smallest absolute Gasteiger partial charge is 0.302 e. The Hall–Kier alpha value is -1.35. The first-order valence-corrected chi connectivity index (χ1v) is 7.07. The summed E-state index contributed by atoms with van der Waals surface area (Å²) in [7, 11) is 0. The maximum absolute atomic E-state index is 10.7. The summed E-state index contributed by atoms with van der Waals surface area (Å²) in [6, 6.07) is 11.1. The highest BCUT2D eigenvalue weighted by Gasteiger charge is 2.42. The number of carbonyl (C=O) groups is 1. The van der Waals surface area contributed by atoms with Crippen molar-refractivity contribution in [2.24, 2.45) is 0 Å². The zero-order valence-corrected chi connectivity index (χ0v) is 11.8. The van der Waals surface area contributed by atoms with Gasteiger partial charge >= 0.3 is 5.97 Å². The van der Waals surface area contributed by atoms with Crippen molar-refractivity contribution in [3.8, 4) is 0 Å². The normalized spacial score (nSPS) is 18.4. The van der Waals surface area contributed by atoms with E-state index in [1.807, 2.05) is 0 Å². The molecule has 1 saturated carbocycles. The van der Waals surface area contributed by atoms with E-state index in [0.29, 0.717) is 12.6 Å². The summed E-state index contributed by atoms with van der Waals surface area (Å²) >= 11 is 0. The number of nitrogens with one attached hydrogen (secondary N) is 1. The summed E-state index contributed by atoms with van der Waals surface area (Å²) in [6.07, 6.45) is 3.77. The third-order valence-electron chi connectivity index (χ3n) is 4.28. The first-order chi connectivity index (χ1) is 9.15. The van der Waals surface area contributed by atoms with Crippen molar-refractivity contribution >= 4 is 5.97 Å². The Morgan fingerprint density at radius 3 is 2.58 bits per heavy atom. The second-order valence-electron chi connectivity index (χ2n) is 5.39. The van der Waals surface area contributed by atoms with Crippen molar-refractivity contribution in [2.75, 3.05) is 13.2 Å². The van der Waals surface area contributed by atoms with Gasteiger partial charge in [0.2, 0.25) is 0 Å². The molecule has 3 nitrogen and oxygen atoms in total. The third-order valence-corrected chi connectivity index (χ3v) is 4.28. The molecule has 1 aromatic carbocycles.